The number of piperidine rings is 6. The second kappa shape index (κ2) is 17.7. The fraction of sp³-hybridized carbons (Fsp3) is 0.579. The summed E-state index contributed by atoms with van der Waals surface area (Å²) in [5.74, 6) is 5.72. The normalized spacial score (nSPS) is 32.8. The van der Waals surface area contributed by atoms with E-state index in [1.54, 1.807) is 11.3 Å². The number of carbonyl (C=O) groups is 3. The van der Waals surface area contributed by atoms with Crippen LogP contribution in [0.5, 0.6) is 0 Å². The smallest absolute Gasteiger partial charge is 0.303 e. The van der Waals surface area contributed by atoms with Gasteiger partial charge in [-0.05, 0) is 134 Å². The lowest BCUT2D eigenvalue weighted by Crippen LogP contribution is -2.56. The van der Waals surface area contributed by atoms with Gasteiger partial charge in [-0.25, -0.2) is 15.0 Å². The maximum atomic E-state index is 11.9. The van der Waals surface area contributed by atoms with Crippen LogP contribution in [0.2, 0.25) is 0 Å². The van der Waals surface area contributed by atoms with Crippen LogP contribution < -0.4 is 29.4 Å². The summed E-state index contributed by atoms with van der Waals surface area (Å²) in [6.07, 6.45) is 6.98. The maximum absolute atomic E-state index is 11.9. The van der Waals surface area contributed by atoms with Crippen molar-refractivity contribution in [2.45, 2.75) is 95.7 Å². The van der Waals surface area contributed by atoms with Gasteiger partial charge in [0, 0.05) is 120 Å². The average molecular weight is 1060 g/mol. The zero-order chi connectivity index (χ0) is 52.3. The van der Waals surface area contributed by atoms with Crippen LogP contribution in [0, 0.1) is 53.3 Å². The SMILES string of the molecule is C[C@H]1CCN1c1nc(N2C[C@H]3C[C@@H](C2)C3CC(=O)O)c2c(C3CN(c4nc(N5C[C@H]6C[C@@H](C5)C6CC(=O)O)c5cc(C6CN(c7nc(N8C[C@H]9C[C@@H](C8)C9CC(=O)O)c8sccc8n7)[C@H]6C)cnc5n4)[C@H]3C)cccc2n1. The average Bonchev–Trinajstić information content (AvgIpc) is 3.91. The topological polar surface area (TPSA) is 222 Å². The fourth-order valence-electron chi connectivity index (χ4n) is 16.0. The van der Waals surface area contributed by atoms with Gasteiger partial charge in [0.05, 0.1) is 21.1 Å². The number of benzene rings is 1. The Hall–Kier alpha value is -6.70. The van der Waals surface area contributed by atoms with Crippen molar-refractivity contribution in [2.75, 3.05) is 88.3 Å². The number of carboxylic acid groups (broad SMARTS) is 3. The summed E-state index contributed by atoms with van der Waals surface area (Å²) in [6, 6.07) is 11.3. The predicted octanol–water partition coefficient (Wildman–Crippen LogP) is 7.20. The van der Waals surface area contributed by atoms with Gasteiger partial charge in [0.2, 0.25) is 17.8 Å². The number of carboxylic acids is 3. The lowest BCUT2D eigenvalue weighted by Gasteiger charge is -2.54. The molecule has 5 unspecified atom stereocenters. The Morgan fingerprint density at radius 3 is 1.66 bits per heavy atom. The predicted molar refractivity (Wildman–Crippen MR) is 293 cm³/mol. The van der Waals surface area contributed by atoms with E-state index >= 15 is 0 Å². The largest absolute Gasteiger partial charge is 0.481 e. The Morgan fingerprint density at radius 2 is 1.10 bits per heavy atom. The number of anilines is 6. The van der Waals surface area contributed by atoms with E-state index in [4.69, 9.17) is 34.9 Å². The minimum absolute atomic E-state index is 0.0461. The molecule has 12 fully saturated rings. The summed E-state index contributed by atoms with van der Waals surface area (Å²) in [7, 11) is 0. The van der Waals surface area contributed by atoms with Crippen LogP contribution in [0.25, 0.3) is 32.2 Å². The number of thiophene rings is 1. The highest BCUT2D eigenvalue weighted by atomic mass is 32.1. The van der Waals surface area contributed by atoms with Crippen LogP contribution in [0.3, 0.4) is 0 Å². The number of hydrogen-bond acceptors (Lipinski definition) is 17. The van der Waals surface area contributed by atoms with E-state index < -0.39 is 17.9 Å². The van der Waals surface area contributed by atoms with Crippen molar-refractivity contribution in [2.24, 2.45) is 53.3 Å². The van der Waals surface area contributed by atoms with Crippen molar-refractivity contribution in [3.05, 3.63) is 53.0 Å². The van der Waals surface area contributed by atoms with Gasteiger partial charge < -0.3 is 44.7 Å². The molecule has 1 aromatic carbocycles. The first-order chi connectivity index (χ1) is 37.3. The van der Waals surface area contributed by atoms with Crippen LogP contribution in [0.4, 0.5) is 35.3 Å². The summed E-state index contributed by atoms with van der Waals surface area (Å²) < 4.78 is 1.08. The molecule has 12 aliphatic rings. The molecular weight excluding hydrogens is 995 g/mol. The molecule has 20 heteroatoms. The van der Waals surface area contributed by atoms with Crippen molar-refractivity contribution >= 4 is 96.7 Å². The third-order valence-electron chi connectivity index (χ3n) is 20.7. The van der Waals surface area contributed by atoms with Crippen LogP contribution in [0.15, 0.2) is 41.9 Å². The van der Waals surface area contributed by atoms with Gasteiger partial charge in [0.15, 0.2) is 11.5 Å². The number of rotatable bonds is 14. The highest BCUT2D eigenvalue weighted by Crippen LogP contribution is 2.53. The molecule has 400 valence electrons. The molecule has 18 rings (SSSR count). The Morgan fingerprint density at radius 1 is 0.584 bits per heavy atom. The third kappa shape index (κ3) is 7.59. The summed E-state index contributed by atoms with van der Waals surface area (Å²) >= 11 is 1.66. The van der Waals surface area contributed by atoms with Crippen molar-refractivity contribution in [3.8, 4) is 0 Å². The number of fused-ring (bicyclic) bond motifs is 9. The van der Waals surface area contributed by atoms with Crippen molar-refractivity contribution in [1.29, 1.82) is 0 Å². The van der Waals surface area contributed by atoms with Gasteiger partial charge in [0.1, 0.15) is 11.6 Å². The van der Waals surface area contributed by atoms with Crippen molar-refractivity contribution in [3.63, 3.8) is 0 Å². The van der Waals surface area contributed by atoms with Gasteiger partial charge in [-0.15, -0.1) is 11.3 Å². The standard InChI is InChI=1S/C57H65N13O6S/c1-27-7-9-68(27)55-59-44-6-4-5-37(49(44)53(63-55)66-21-33-12-34(22-66)39(33)16-47(73)74)43-26-70(29(43)3)57-61-51-41(52(62-57)65-19-31-11-32(20-65)38(31)15-46(71)72)14-30(18-58-51)42-25-69(28(42)2)56-60-45-8-10-77-50(45)54(64-56)67-23-35-13-36(24-67)40(35)17-48(75)76/h4-6,8,10,14,18,27-29,31-36,38-40,42-43H,7,9,11-13,15-17,19-26H2,1-3H3,(H,71,72)(H,73,74)(H,75,76)/t27-,28-,29-,31-,32+,33-,34+,35-,36+,38?,39?,40?,42?,43?/m0/s1. The summed E-state index contributed by atoms with van der Waals surface area (Å²) in [5, 5.41) is 33.1. The molecule has 5 aromatic heterocycles. The van der Waals surface area contributed by atoms with E-state index in [1.165, 1.54) is 5.56 Å². The molecule has 3 aliphatic carbocycles. The fourth-order valence-corrected chi connectivity index (χ4v) is 16.8. The van der Waals surface area contributed by atoms with E-state index in [0.717, 1.165) is 139 Å². The Labute approximate surface area is 449 Å². The Kier molecular flexibility index (Phi) is 10.9. The third-order valence-corrected chi connectivity index (χ3v) is 21.6. The van der Waals surface area contributed by atoms with Gasteiger partial charge >= 0.3 is 17.9 Å². The van der Waals surface area contributed by atoms with Crippen molar-refractivity contribution in [1.82, 2.24) is 34.9 Å². The minimum atomic E-state index is -0.731. The van der Waals surface area contributed by atoms with E-state index in [-0.39, 0.29) is 72.8 Å². The molecule has 6 bridgehead atoms. The van der Waals surface area contributed by atoms with Crippen molar-refractivity contribution < 1.29 is 29.7 Å². The minimum Gasteiger partial charge on any atom is -0.481 e. The molecule has 14 atom stereocenters. The molecule has 9 aliphatic heterocycles. The molecule has 14 heterocycles. The second-order valence-electron chi connectivity index (χ2n) is 24.7. The van der Waals surface area contributed by atoms with Gasteiger partial charge in [0.25, 0.3) is 0 Å². The summed E-state index contributed by atoms with van der Waals surface area (Å²) in [5.41, 5.74) is 4.85. The zero-order valence-electron chi connectivity index (χ0n) is 43.7. The molecule has 6 aromatic rings. The van der Waals surface area contributed by atoms with E-state index in [2.05, 4.69) is 85.9 Å². The molecule has 9 saturated heterocycles. The number of nitrogens with zero attached hydrogens (tertiary/aromatic N) is 13. The van der Waals surface area contributed by atoms with Gasteiger partial charge in [-0.2, -0.15) is 19.9 Å². The van der Waals surface area contributed by atoms with Crippen LogP contribution in [-0.2, 0) is 14.4 Å². The zero-order valence-corrected chi connectivity index (χ0v) is 44.5. The van der Waals surface area contributed by atoms with Gasteiger partial charge in [-0.3, -0.25) is 14.4 Å². The number of pyridine rings is 1. The summed E-state index contributed by atoms with van der Waals surface area (Å²) in [4.78, 5) is 86.3. The quantitative estimate of drug-likeness (QED) is 0.0982. The highest BCUT2D eigenvalue weighted by molar-refractivity contribution is 7.17. The lowest BCUT2D eigenvalue weighted by molar-refractivity contribution is -0.142. The van der Waals surface area contributed by atoms with E-state index in [1.807, 2.05) is 6.20 Å². The maximum Gasteiger partial charge on any atom is 0.303 e. The molecule has 0 amide bonds. The Bertz CT molecular complexity index is 3400. The second-order valence-corrected chi connectivity index (χ2v) is 25.6. The molecule has 3 saturated carbocycles. The monoisotopic (exact) mass is 1060 g/mol. The van der Waals surface area contributed by atoms with Crippen LogP contribution in [-0.4, -0.2) is 145 Å². The molecule has 19 nitrogen and oxygen atoms in total. The van der Waals surface area contributed by atoms with E-state index in [0.29, 0.717) is 47.9 Å². The first kappa shape index (κ1) is 47.5. The first-order valence-corrected chi connectivity index (χ1v) is 29.1. The summed E-state index contributed by atoms with van der Waals surface area (Å²) in [6.45, 7) is 13.8. The number of hydrogen-bond donors (Lipinski definition) is 3. The highest BCUT2D eigenvalue weighted by Gasteiger charge is 2.52. The molecule has 3 N–H and O–H groups in total. The Balaban J connectivity index is 0.723. The molecule has 0 spiro atoms. The number of aromatic nitrogens is 7. The first-order valence-electron chi connectivity index (χ1n) is 28.2. The molecule has 0 radical (unpaired) electrons. The van der Waals surface area contributed by atoms with Crippen LogP contribution in [0.1, 0.15) is 88.7 Å². The lowest BCUT2D eigenvalue weighted by atomic mass is 9.60. The van der Waals surface area contributed by atoms with Crippen LogP contribution >= 0.6 is 11.3 Å². The van der Waals surface area contributed by atoms with Gasteiger partial charge in [-0.1, -0.05) is 12.1 Å². The molecule has 77 heavy (non-hydrogen) atoms. The number of aliphatic carboxylic acids is 3. The van der Waals surface area contributed by atoms with E-state index in [9.17, 15) is 29.7 Å². The molecular formula is C57H65N13O6S.